The summed E-state index contributed by atoms with van der Waals surface area (Å²) >= 11 is 0. The number of aromatic nitrogens is 3. The second-order valence-electron chi connectivity index (χ2n) is 7.25. The van der Waals surface area contributed by atoms with Crippen LogP contribution in [0.3, 0.4) is 0 Å². The molecule has 0 aliphatic rings. The highest BCUT2D eigenvalue weighted by Crippen LogP contribution is 2.18. The first-order valence-electron chi connectivity index (χ1n) is 6.96. The molecular weight excluding hydrogens is 254 g/mol. The van der Waals surface area contributed by atoms with Crippen LogP contribution >= 0.6 is 0 Å². The van der Waals surface area contributed by atoms with E-state index in [-0.39, 0.29) is 28.8 Å². The van der Waals surface area contributed by atoms with E-state index in [1.54, 1.807) is 10.9 Å². The topological polar surface area (TPSA) is 64.8 Å². The zero-order valence-corrected chi connectivity index (χ0v) is 13.4. The summed E-state index contributed by atoms with van der Waals surface area (Å²) in [7, 11) is 0. The Morgan fingerprint density at radius 1 is 1.05 bits per heavy atom. The molecule has 5 heteroatoms. The molecule has 0 spiro atoms. The van der Waals surface area contributed by atoms with Crippen molar-refractivity contribution < 1.29 is 9.59 Å². The van der Waals surface area contributed by atoms with E-state index in [9.17, 15) is 9.59 Å². The minimum Gasteiger partial charge on any atom is -0.299 e. The van der Waals surface area contributed by atoms with Gasteiger partial charge in [0.15, 0.2) is 0 Å². The minimum absolute atomic E-state index is 0.135. The number of nitrogens with zero attached hydrogens (tertiary/aromatic N) is 3. The van der Waals surface area contributed by atoms with Gasteiger partial charge in [0.2, 0.25) is 0 Å². The normalized spacial score (nSPS) is 12.5. The van der Waals surface area contributed by atoms with Gasteiger partial charge in [-0.2, -0.15) is 0 Å². The van der Waals surface area contributed by atoms with Crippen LogP contribution in [0, 0.1) is 10.8 Å². The van der Waals surface area contributed by atoms with Gasteiger partial charge in [0.05, 0.1) is 12.1 Å². The smallest absolute Gasteiger partial charge is 0.144 e. The second kappa shape index (κ2) is 5.85. The number of rotatable bonds is 5. The van der Waals surface area contributed by atoms with E-state index in [0.29, 0.717) is 18.7 Å². The summed E-state index contributed by atoms with van der Waals surface area (Å²) in [4.78, 5) is 23.7. The summed E-state index contributed by atoms with van der Waals surface area (Å²) in [5.41, 5.74) is -0.0365. The molecule has 5 nitrogen and oxygen atoms in total. The van der Waals surface area contributed by atoms with Crippen LogP contribution in [0.2, 0.25) is 0 Å². The Balaban J connectivity index is 2.57. The molecule has 0 fully saturated rings. The quantitative estimate of drug-likeness (QED) is 0.830. The zero-order chi connectivity index (χ0) is 15.6. The average molecular weight is 279 g/mol. The third kappa shape index (κ3) is 4.87. The Hall–Kier alpha value is -1.52. The monoisotopic (exact) mass is 279 g/mol. The van der Waals surface area contributed by atoms with Crippen LogP contribution in [0.4, 0.5) is 0 Å². The third-order valence-electron chi connectivity index (χ3n) is 3.17. The highest BCUT2D eigenvalue weighted by molar-refractivity contribution is 5.85. The number of carbonyl (C=O) groups excluding carboxylic acids is 2. The van der Waals surface area contributed by atoms with Crippen molar-refractivity contribution in [2.45, 2.75) is 60.9 Å². The number of Topliss-reactive ketones (excluding diaryl/α,β-unsaturated/α-hetero) is 2. The number of hydrogen-bond donors (Lipinski definition) is 0. The average Bonchev–Trinajstić information content (AvgIpc) is 2.71. The van der Waals surface area contributed by atoms with Gasteiger partial charge in [-0.05, 0) is 0 Å². The van der Waals surface area contributed by atoms with Gasteiger partial charge in [0.1, 0.15) is 11.6 Å². The van der Waals surface area contributed by atoms with E-state index in [1.807, 2.05) is 41.5 Å². The van der Waals surface area contributed by atoms with Crippen LogP contribution in [0.1, 0.15) is 53.7 Å². The second-order valence-corrected chi connectivity index (χ2v) is 7.25. The van der Waals surface area contributed by atoms with Gasteiger partial charge in [0.25, 0.3) is 0 Å². The highest BCUT2D eigenvalue weighted by atomic mass is 16.1. The Morgan fingerprint density at radius 2 is 1.60 bits per heavy atom. The zero-order valence-electron chi connectivity index (χ0n) is 13.4. The maximum absolute atomic E-state index is 11.9. The fourth-order valence-electron chi connectivity index (χ4n) is 1.55. The van der Waals surface area contributed by atoms with Crippen LogP contribution < -0.4 is 0 Å². The van der Waals surface area contributed by atoms with Gasteiger partial charge in [0, 0.05) is 30.0 Å². The van der Waals surface area contributed by atoms with Gasteiger partial charge in [-0.3, -0.25) is 14.3 Å². The molecule has 0 aliphatic carbocycles. The van der Waals surface area contributed by atoms with E-state index < -0.39 is 0 Å². The first-order valence-corrected chi connectivity index (χ1v) is 6.96. The molecule has 1 aromatic rings. The van der Waals surface area contributed by atoms with E-state index in [0.717, 1.165) is 0 Å². The largest absolute Gasteiger partial charge is 0.299 e. The maximum Gasteiger partial charge on any atom is 0.144 e. The number of hydrogen-bond acceptors (Lipinski definition) is 4. The molecule has 1 heterocycles. The summed E-state index contributed by atoms with van der Waals surface area (Å²) in [6.07, 6.45) is 2.47. The number of aryl methyl sites for hydroxylation is 1. The van der Waals surface area contributed by atoms with Crippen LogP contribution in [-0.2, 0) is 22.6 Å². The standard InChI is InChI=1S/C15H25N3O2/c1-14(2,3)12(19)7-8-18-10-11(16-17-18)9-13(20)15(4,5)6/h10H,7-9H2,1-6H3. The highest BCUT2D eigenvalue weighted by Gasteiger charge is 2.23. The lowest BCUT2D eigenvalue weighted by molar-refractivity contribution is -0.126. The van der Waals surface area contributed by atoms with Crippen molar-refractivity contribution in [1.29, 1.82) is 0 Å². The van der Waals surface area contributed by atoms with E-state index in [1.165, 1.54) is 0 Å². The van der Waals surface area contributed by atoms with Gasteiger partial charge >= 0.3 is 0 Å². The molecule has 1 aromatic heterocycles. The SMILES string of the molecule is CC(C)(C)C(=O)CCn1cc(CC(=O)C(C)(C)C)nn1. The first kappa shape index (κ1) is 16.5. The minimum atomic E-state index is -0.369. The summed E-state index contributed by atoms with van der Waals surface area (Å²) < 4.78 is 1.63. The summed E-state index contributed by atoms with van der Waals surface area (Å²) in [5.74, 6) is 0.329. The fraction of sp³-hybridized carbons (Fsp3) is 0.733. The summed E-state index contributed by atoms with van der Waals surface area (Å²) in [6.45, 7) is 11.9. The van der Waals surface area contributed by atoms with Crippen molar-refractivity contribution in [3.05, 3.63) is 11.9 Å². The molecule has 1 rings (SSSR count). The Labute approximate surface area is 120 Å². The third-order valence-corrected chi connectivity index (χ3v) is 3.17. The van der Waals surface area contributed by atoms with Crippen molar-refractivity contribution in [3.63, 3.8) is 0 Å². The van der Waals surface area contributed by atoms with Crippen molar-refractivity contribution >= 4 is 11.6 Å². The van der Waals surface area contributed by atoms with Crippen LogP contribution in [0.25, 0.3) is 0 Å². The van der Waals surface area contributed by atoms with Gasteiger partial charge in [-0.15, -0.1) is 5.10 Å². The van der Waals surface area contributed by atoms with Gasteiger partial charge in [-0.1, -0.05) is 46.8 Å². The van der Waals surface area contributed by atoms with Crippen molar-refractivity contribution in [1.82, 2.24) is 15.0 Å². The number of carbonyl (C=O) groups is 2. The molecular formula is C15H25N3O2. The lowest BCUT2D eigenvalue weighted by atomic mass is 9.88. The van der Waals surface area contributed by atoms with Crippen LogP contribution in [0.5, 0.6) is 0 Å². The fourth-order valence-corrected chi connectivity index (χ4v) is 1.55. The lowest BCUT2D eigenvalue weighted by Gasteiger charge is -2.16. The Kier molecular flexibility index (Phi) is 4.84. The van der Waals surface area contributed by atoms with Crippen LogP contribution in [-0.4, -0.2) is 26.6 Å². The molecule has 112 valence electrons. The molecule has 0 radical (unpaired) electrons. The van der Waals surface area contributed by atoms with Crippen molar-refractivity contribution in [2.24, 2.45) is 10.8 Å². The maximum atomic E-state index is 11.9. The molecule has 0 aliphatic heterocycles. The summed E-state index contributed by atoms with van der Waals surface area (Å²) in [6, 6.07) is 0. The molecule has 0 N–H and O–H groups in total. The van der Waals surface area contributed by atoms with Gasteiger partial charge in [-0.25, -0.2) is 0 Å². The molecule has 0 atom stereocenters. The first-order chi connectivity index (χ1) is 9.00. The molecule has 0 bridgehead atoms. The summed E-state index contributed by atoms with van der Waals surface area (Å²) in [5, 5.41) is 7.96. The van der Waals surface area contributed by atoms with E-state index >= 15 is 0 Å². The Bertz CT molecular complexity index is 490. The van der Waals surface area contributed by atoms with Gasteiger partial charge < -0.3 is 0 Å². The predicted octanol–water partition coefficient (Wildman–Crippen LogP) is 2.44. The van der Waals surface area contributed by atoms with Crippen molar-refractivity contribution in [3.8, 4) is 0 Å². The molecule has 0 aromatic carbocycles. The molecule has 0 saturated heterocycles. The number of ketones is 2. The molecule has 0 amide bonds. The lowest BCUT2D eigenvalue weighted by Crippen LogP contribution is -2.22. The molecule has 0 saturated carbocycles. The predicted molar refractivity (Wildman–Crippen MR) is 77.3 cm³/mol. The van der Waals surface area contributed by atoms with E-state index in [2.05, 4.69) is 10.3 Å². The van der Waals surface area contributed by atoms with E-state index in [4.69, 9.17) is 0 Å². The van der Waals surface area contributed by atoms with Crippen molar-refractivity contribution in [2.75, 3.05) is 0 Å². The van der Waals surface area contributed by atoms with Crippen LogP contribution in [0.15, 0.2) is 6.20 Å². The Morgan fingerprint density at radius 3 is 2.10 bits per heavy atom. The molecule has 0 unspecified atom stereocenters. The molecule has 20 heavy (non-hydrogen) atoms.